The van der Waals surface area contributed by atoms with Gasteiger partial charge in [0.25, 0.3) is 0 Å². The predicted molar refractivity (Wildman–Crippen MR) is 80.4 cm³/mol. The molecule has 114 valence electrons. The topological polar surface area (TPSA) is 62.4 Å². The van der Waals surface area contributed by atoms with Crippen LogP contribution in [0.2, 0.25) is 0 Å². The standard InChI is InChI=1S/C16H23N3O2/c20-15(10-14-6-8-18-19-14)17-11-13-7-9-21-16(13)12-4-2-1-3-5-12/h1-5,13-14,16,18-19H,6-11H2,(H,17,20)/t13-,14?,16-/m0/s1. The first-order chi connectivity index (χ1) is 10.3. The van der Waals surface area contributed by atoms with Crippen LogP contribution < -0.4 is 16.2 Å². The molecule has 3 rings (SSSR count). The summed E-state index contributed by atoms with van der Waals surface area (Å²) < 4.78 is 5.84. The van der Waals surface area contributed by atoms with Gasteiger partial charge in [0.05, 0.1) is 6.10 Å². The third-order valence-corrected chi connectivity index (χ3v) is 4.26. The molecule has 1 aromatic rings. The molecule has 1 aromatic carbocycles. The molecule has 5 heteroatoms. The van der Waals surface area contributed by atoms with Crippen molar-refractivity contribution in [2.24, 2.45) is 5.92 Å². The highest BCUT2D eigenvalue weighted by molar-refractivity contribution is 5.76. The Bertz CT molecular complexity index is 460. The maximum absolute atomic E-state index is 12.0. The second-order valence-corrected chi connectivity index (χ2v) is 5.82. The molecule has 3 atom stereocenters. The van der Waals surface area contributed by atoms with Gasteiger partial charge in [-0.3, -0.25) is 15.6 Å². The summed E-state index contributed by atoms with van der Waals surface area (Å²) in [6.07, 6.45) is 2.66. The van der Waals surface area contributed by atoms with E-state index in [0.717, 1.165) is 26.0 Å². The fourth-order valence-electron chi connectivity index (χ4n) is 3.08. The lowest BCUT2D eigenvalue weighted by Crippen LogP contribution is -2.37. The van der Waals surface area contributed by atoms with Gasteiger partial charge >= 0.3 is 0 Å². The van der Waals surface area contributed by atoms with Gasteiger partial charge in [-0.25, -0.2) is 0 Å². The summed E-state index contributed by atoms with van der Waals surface area (Å²) >= 11 is 0. The largest absolute Gasteiger partial charge is 0.373 e. The predicted octanol–water partition coefficient (Wildman–Crippen LogP) is 1.14. The van der Waals surface area contributed by atoms with Crippen LogP contribution in [0.4, 0.5) is 0 Å². The summed E-state index contributed by atoms with van der Waals surface area (Å²) in [4.78, 5) is 12.0. The molecule has 2 aliphatic rings. The lowest BCUT2D eigenvalue weighted by molar-refractivity contribution is -0.121. The second-order valence-electron chi connectivity index (χ2n) is 5.82. The molecule has 1 amide bonds. The van der Waals surface area contributed by atoms with E-state index in [9.17, 15) is 4.79 Å². The van der Waals surface area contributed by atoms with E-state index in [4.69, 9.17) is 4.74 Å². The van der Waals surface area contributed by atoms with Gasteiger partial charge in [-0.2, -0.15) is 0 Å². The number of hydrazine groups is 1. The average Bonchev–Trinajstić information content (AvgIpc) is 3.17. The van der Waals surface area contributed by atoms with Crippen molar-refractivity contribution in [1.29, 1.82) is 0 Å². The van der Waals surface area contributed by atoms with Crippen LogP contribution in [0.15, 0.2) is 30.3 Å². The van der Waals surface area contributed by atoms with E-state index in [2.05, 4.69) is 28.3 Å². The average molecular weight is 289 g/mol. The molecule has 0 aromatic heterocycles. The molecular weight excluding hydrogens is 266 g/mol. The summed E-state index contributed by atoms with van der Waals surface area (Å²) in [6, 6.07) is 10.5. The molecule has 3 N–H and O–H groups in total. The molecule has 2 heterocycles. The van der Waals surface area contributed by atoms with Crippen molar-refractivity contribution in [3.8, 4) is 0 Å². The number of benzene rings is 1. The van der Waals surface area contributed by atoms with Crippen molar-refractivity contribution in [3.05, 3.63) is 35.9 Å². The van der Waals surface area contributed by atoms with E-state index in [0.29, 0.717) is 18.9 Å². The zero-order valence-corrected chi connectivity index (χ0v) is 12.2. The Morgan fingerprint density at radius 1 is 1.29 bits per heavy atom. The number of hydrogen-bond acceptors (Lipinski definition) is 4. The normalized spacial score (nSPS) is 28.7. The van der Waals surface area contributed by atoms with Gasteiger partial charge in [-0.1, -0.05) is 30.3 Å². The third-order valence-electron chi connectivity index (χ3n) is 4.26. The quantitative estimate of drug-likeness (QED) is 0.760. The van der Waals surface area contributed by atoms with Crippen LogP contribution in [0, 0.1) is 5.92 Å². The number of hydrogen-bond donors (Lipinski definition) is 3. The summed E-state index contributed by atoms with van der Waals surface area (Å²) in [5.74, 6) is 0.487. The Balaban J connectivity index is 1.48. The molecule has 0 bridgehead atoms. The monoisotopic (exact) mass is 289 g/mol. The Morgan fingerprint density at radius 3 is 2.90 bits per heavy atom. The fraction of sp³-hybridized carbons (Fsp3) is 0.562. The number of rotatable bonds is 5. The zero-order chi connectivity index (χ0) is 14.5. The first kappa shape index (κ1) is 14.5. The van der Waals surface area contributed by atoms with Crippen LogP contribution in [-0.4, -0.2) is 31.6 Å². The highest BCUT2D eigenvalue weighted by Crippen LogP contribution is 2.33. The first-order valence-corrected chi connectivity index (χ1v) is 7.74. The molecule has 2 fully saturated rings. The minimum absolute atomic E-state index is 0.109. The van der Waals surface area contributed by atoms with Crippen molar-refractivity contribution in [1.82, 2.24) is 16.2 Å². The maximum Gasteiger partial charge on any atom is 0.221 e. The minimum atomic E-state index is 0.109. The van der Waals surface area contributed by atoms with Crippen LogP contribution in [-0.2, 0) is 9.53 Å². The zero-order valence-electron chi connectivity index (χ0n) is 12.2. The molecule has 2 aliphatic heterocycles. The first-order valence-electron chi connectivity index (χ1n) is 7.74. The van der Waals surface area contributed by atoms with Crippen molar-refractivity contribution >= 4 is 5.91 Å². The van der Waals surface area contributed by atoms with Gasteiger partial charge < -0.3 is 10.1 Å². The molecule has 0 radical (unpaired) electrons. The summed E-state index contributed by atoms with van der Waals surface area (Å²) in [6.45, 7) is 2.40. The van der Waals surface area contributed by atoms with Gasteiger partial charge in [0.15, 0.2) is 0 Å². The van der Waals surface area contributed by atoms with Crippen molar-refractivity contribution in [3.63, 3.8) is 0 Å². The van der Waals surface area contributed by atoms with E-state index < -0.39 is 0 Å². The van der Waals surface area contributed by atoms with Gasteiger partial charge in [0.1, 0.15) is 0 Å². The van der Waals surface area contributed by atoms with E-state index >= 15 is 0 Å². The van der Waals surface area contributed by atoms with Crippen LogP contribution in [0.3, 0.4) is 0 Å². The van der Waals surface area contributed by atoms with Crippen molar-refractivity contribution in [2.45, 2.75) is 31.4 Å². The van der Waals surface area contributed by atoms with Gasteiger partial charge in [0.2, 0.25) is 5.91 Å². The lowest BCUT2D eigenvalue weighted by Gasteiger charge is -2.20. The van der Waals surface area contributed by atoms with Crippen LogP contribution >= 0.6 is 0 Å². The summed E-state index contributed by atoms with van der Waals surface area (Å²) in [5.41, 5.74) is 7.37. The van der Waals surface area contributed by atoms with Crippen LogP contribution in [0.5, 0.6) is 0 Å². The molecule has 0 aliphatic carbocycles. The minimum Gasteiger partial charge on any atom is -0.373 e. The van der Waals surface area contributed by atoms with E-state index in [1.165, 1.54) is 5.56 Å². The number of nitrogens with one attached hydrogen (secondary N) is 3. The van der Waals surface area contributed by atoms with Gasteiger partial charge in [-0.05, 0) is 18.4 Å². The molecule has 0 saturated carbocycles. The smallest absolute Gasteiger partial charge is 0.221 e. The van der Waals surface area contributed by atoms with Crippen molar-refractivity contribution in [2.75, 3.05) is 19.7 Å². The molecule has 5 nitrogen and oxygen atoms in total. The maximum atomic E-state index is 12.0. The fourth-order valence-corrected chi connectivity index (χ4v) is 3.08. The third kappa shape index (κ3) is 3.81. The Hall–Kier alpha value is -1.43. The van der Waals surface area contributed by atoms with E-state index in [1.807, 2.05) is 18.2 Å². The Labute approximate surface area is 125 Å². The number of amides is 1. The molecular formula is C16H23N3O2. The SMILES string of the molecule is O=C(CC1CCNN1)NC[C@@H]1CCO[C@H]1c1ccccc1. The number of ether oxygens (including phenoxy) is 1. The van der Waals surface area contributed by atoms with Crippen molar-refractivity contribution < 1.29 is 9.53 Å². The van der Waals surface area contributed by atoms with Gasteiger partial charge in [-0.15, -0.1) is 0 Å². The highest BCUT2D eigenvalue weighted by atomic mass is 16.5. The molecule has 21 heavy (non-hydrogen) atoms. The van der Waals surface area contributed by atoms with Crippen LogP contribution in [0.1, 0.15) is 30.9 Å². The molecule has 2 saturated heterocycles. The van der Waals surface area contributed by atoms with E-state index in [-0.39, 0.29) is 18.1 Å². The Kier molecular flexibility index (Phi) is 4.85. The molecule has 1 unspecified atom stereocenters. The summed E-state index contributed by atoms with van der Waals surface area (Å²) in [7, 11) is 0. The van der Waals surface area contributed by atoms with E-state index in [1.54, 1.807) is 0 Å². The highest BCUT2D eigenvalue weighted by Gasteiger charge is 2.30. The Morgan fingerprint density at radius 2 is 2.14 bits per heavy atom. The number of carbonyl (C=O) groups excluding carboxylic acids is 1. The second kappa shape index (κ2) is 7.02. The lowest BCUT2D eigenvalue weighted by atomic mass is 9.95. The van der Waals surface area contributed by atoms with Gasteiger partial charge in [0, 0.05) is 38.1 Å². The number of carbonyl (C=O) groups is 1. The summed E-state index contributed by atoms with van der Waals surface area (Å²) in [5, 5.41) is 3.06. The van der Waals surface area contributed by atoms with Crippen LogP contribution in [0.25, 0.3) is 0 Å². The molecule has 0 spiro atoms.